The third-order valence-electron chi connectivity index (χ3n) is 2.65. The number of para-hydroxylation sites is 1. The van der Waals surface area contributed by atoms with E-state index in [1.165, 1.54) is 13.0 Å². The maximum Gasteiger partial charge on any atom is 0.323 e. The number of carbonyl (C=O) groups excluding carboxylic acids is 2. The second kappa shape index (κ2) is 6.90. The van der Waals surface area contributed by atoms with E-state index in [9.17, 15) is 9.59 Å². The maximum atomic E-state index is 11.9. The fourth-order valence-electron chi connectivity index (χ4n) is 1.78. The van der Waals surface area contributed by atoms with E-state index in [1.54, 1.807) is 42.5 Å². The van der Waals surface area contributed by atoms with Crippen LogP contribution >= 0.6 is 0 Å². The van der Waals surface area contributed by atoms with Crippen molar-refractivity contribution in [1.82, 2.24) is 0 Å². The second-order valence-electron chi connectivity index (χ2n) is 4.36. The van der Waals surface area contributed by atoms with E-state index in [2.05, 4.69) is 10.6 Å². The van der Waals surface area contributed by atoms with E-state index in [-0.39, 0.29) is 0 Å². The number of carbonyl (C=O) groups is 2. The van der Waals surface area contributed by atoms with E-state index >= 15 is 0 Å². The fourth-order valence-corrected chi connectivity index (χ4v) is 1.78. The van der Waals surface area contributed by atoms with Gasteiger partial charge < -0.3 is 15.4 Å². The molecule has 22 heavy (non-hydrogen) atoms. The minimum Gasteiger partial charge on any atom is -0.427 e. The van der Waals surface area contributed by atoms with Crippen LogP contribution in [0.4, 0.5) is 16.2 Å². The Balaban J connectivity index is 2.06. The third kappa shape index (κ3) is 4.08. The predicted octanol–water partition coefficient (Wildman–Crippen LogP) is 3.13. The Hall–Kier alpha value is -3.33. The number of amides is 2. The number of esters is 1. The van der Waals surface area contributed by atoms with Gasteiger partial charge in [-0.15, -0.1) is 0 Å². The molecule has 0 fully saturated rings. The summed E-state index contributed by atoms with van der Waals surface area (Å²) in [6, 6.07) is 14.6. The van der Waals surface area contributed by atoms with Gasteiger partial charge in [0.2, 0.25) is 0 Å². The Morgan fingerprint density at radius 2 is 1.86 bits per heavy atom. The largest absolute Gasteiger partial charge is 0.427 e. The SMILES string of the molecule is CC(=O)Oc1cccc(NC(=O)Nc2ccccc2C#N)c1. The van der Waals surface area contributed by atoms with Crippen molar-refractivity contribution in [2.45, 2.75) is 6.92 Å². The Morgan fingerprint density at radius 3 is 2.59 bits per heavy atom. The van der Waals surface area contributed by atoms with Gasteiger partial charge in [-0.25, -0.2) is 4.79 Å². The molecule has 0 aliphatic heterocycles. The molecule has 110 valence electrons. The van der Waals surface area contributed by atoms with Crippen molar-refractivity contribution in [2.75, 3.05) is 10.6 Å². The van der Waals surface area contributed by atoms with Crippen LogP contribution in [0.2, 0.25) is 0 Å². The van der Waals surface area contributed by atoms with Gasteiger partial charge in [0.15, 0.2) is 0 Å². The molecule has 6 nitrogen and oxygen atoms in total. The van der Waals surface area contributed by atoms with Crippen LogP contribution in [0.3, 0.4) is 0 Å². The van der Waals surface area contributed by atoms with Crippen molar-refractivity contribution in [2.24, 2.45) is 0 Å². The van der Waals surface area contributed by atoms with Gasteiger partial charge in [-0.3, -0.25) is 4.79 Å². The number of urea groups is 1. The van der Waals surface area contributed by atoms with Crippen molar-refractivity contribution >= 4 is 23.4 Å². The summed E-state index contributed by atoms with van der Waals surface area (Å²) in [6.45, 7) is 1.30. The normalized spacial score (nSPS) is 9.45. The van der Waals surface area contributed by atoms with Crippen LogP contribution in [0.25, 0.3) is 0 Å². The molecule has 0 atom stereocenters. The number of hydrogen-bond acceptors (Lipinski definition) is 4. The lowest BCUT2D eigenvalue weighted by molar-refractivity contribution is -0.131. The zero-order valence-corrected chi connectivity index (χ0v) is 11.8. The molecule has 0 aliphatic rings. The monoisotopic (exact) mass is 295 g/mol. The lowest BCUT2D eigenvalue weighted by Crippen LogP contribution is -2.20. The van der Waals surface area contributed by atoms with E-state index in [0.717, 1.165) is 0 Å². The average Bonchev–Trinajstić information content (AvgIpc) is 2.47. The molecule has 0 bridgehead atoms. The molecule has 0 saturated heterocycles. The summed E-state index contributed by atoms with van der Waals surface area (Å²) in [6.07, 6.45) is 0. The summed E-state index contributed by atoms with van der Waals surface area (Å²) in [5.74, 6) is -0.104. The van der Waals surface area contributed by atoms with Gasteiger partial charge in [-0.1, -0.05) is 18.2 Å². The lowest BCUT2D eigenvalue weighted by atomic mass is 10.2. The molecule has 6 heteroatoms. The summed E-state index contributed by atoms with van der Waals surface area (Å²) in [5, 5.41) is 14.2. The summed E-state index contributed by atoms with van der Waals surface area (Å²) < 4.78 is 4.94. The molecule has 0 aromatic heterocycles. The number of hydrogen-bond donors (Lipinski definition) is 2. The van der Waals surface area contributed by atoms with Crippen molar-refractivity contribution in [3.63, 3.8) is 0 Å². The number of ether oxygens (including phenoxy) is 1. The first-order chi connectivity index (χ1) is 10.6. The van der Waals surface area contributed by atoms with E-state index in [0.29, 0.717) is 22.7 Å². The fraction of sp³-hybridized carbons (Fsp3) is 0.0625. The Kier molecular flexibility index (Phi) is 4.73. The highest BCUT2D eigenvalue weighted by atomic mass is 16.5. The number of anilines is 2. The maximum absolute atomic E-state index is 11.9. The van der Waals surface area contributed by atoms with Gasteiger partial charge >= 0.3 is 12.0 Å². The molecular weight excluding hydrogens is 282 g/mol. The molecule has 0 radical (unpaired) electrons. The van der Waals surface area contributed by atoms with E-state index in [1.807, 2.05) is 6.07 Å². The minimum atomic E-state index is -0.498. The molecule has 0 saturated carbocycles. The molecule has 2 rings (SSSR count). The highest BCUT2D eigenvalue weighted by molar-refractivity contribution is 6.00. The first-order valence-electron chi connectivity index (χ1n) is 6.44. The molecular formula is C16H13N3O3. The van der Waals surface area contributed by atoms with Crippen molar-refractivity contribution in [1.29, 1.82) is 5.26 Å². The average molecular weight is 295 g/mol. The van der Waals surface area contributed by atoms with Crippen LogP contribution in [-0.2, 0) is 4.79 Å². The first kappa shape index (κ1) is 15.1. The number of rotatable bonds is 3. The molecule has 0 spiro atoms. The van der Waals surface area contributed by atoms with Crippen molar-refractivity contribution < 1.29 is 14.3 Å². The first-order valence-corrected chi connectivity index (χ1v) is 6.44. The molecule has 2 aromatic rings. The van der Waals surface area contributed by atoms with Gasteiger partial charge in [0, 0.05) is 18.7 Å². The van der Waals surface area contributed by atoms with Crippen molar-refractivity contribution in [3.8, 4) is 11.8 Å². The molecule has 2 aromatic carbocycles. The van der Waals surface area contributed by atoms with Crippen LogP contribution in [0, 0.1) is 11.3 Å². The minimum absolute atomic E-state index is 0.336. The van der Waals surface area contributed by atoms with Gasteiger partial charge in [-0.05, 0) is 24.3 Å². The van der Waals surface area contributed by atoms with Gasteiger partial charge in [0.1, 0.15) is 11.8 Å². The molecule has 0 unspecified atom stereocenters. The number of nitriles is 1. The lowest BCUT2D eigenvalue weighted by Gasteiger charge is -2.09. The number of nitrogens with zero attached hydrogens (tertiary/aromatic N) is 1. The third-order valence-corrected chi connectivity index (χ3v) is 2.65. The summed E-state index contributed by atoms with van der Waals surface area (Å²) in [7, 11) is 0. The van der Waals surface area contributed by atoms with Crippen LogP contribution in [0.1, 0.15) is 12.5 Å². The molecule has 0 aliphatic carbocycles. The summed E-state index contributed by atoms with van der Waals surface area (Å²) >= 11 is 0. The van der Waals surface area contributed by atoms with Gasteiger partial charge in [0.05, 0.1) is 11.3 Å². The van der Waals surface area contributed by atoms with E-state index in [4.69, 9.17) is 10.00 Å². The second-order valence-corrected chi connectivity index (χ2v) is 4.36. The number of nitrogens with one attached hydrogen (secondary N) is 2. The highest BCUT2D eigenvalue weighted by Crippen LogP contribution is 2.18. The topological polar surface area (TPSA) is 91.2 Å². The summed E-state index contributed by atoms with van der Waals surface area (Å²) in [5.41, 5.74) is 1.25. The van der Waals surface area contributed by atoms with Crippen LogP contribution < -0.4 is 15.4 Å². The Bertz CT molecular complexity index is 750. The van der Waals surface area contributed by atoms with Crippen LogP contribution in [-0.4, -0.2) is 12.0 Å². The molecule has 2 N–H and O–H groups in total. The highest BCUT2D eigenvalue weighted by Gasteiger charge is 2.07. The van der Waals surface area contributed by atoms with Crippen molar-refractivity contribution in [3.05, 3.63) is 54.1 Å². The quantitative estimate of drug-likeness (QED) is 0.672. The Morgan fingerprint density at radius 1 is 1.09 bits per heavy atom. The molecule has 0 heterocycles. The predicted molar refractivity (Wildman–Crippen MR) is 81.5 cm³/mol. The van der Waals surface area contributed by atoms with Gasteiger partial charge in [-0.2, -0.15) is 5.26 Å². The standard InChI is InChI=1S/C16H13N3O3/c1-11(20)22-14-7-4-6-13(9-14)18-16(21)19-15-8-3-2-5-12(15)10-17/h2-9H,1H3,(H2,18,19,21). The van der Waals surface area contributed by atoms with Crippen LogP contribution in [0.5, 0.6) is 5.75 Å². The Labute approximate surface area is 127 Å². The van der Waals surface area contributed by atoms with Gasteiger partial charge in [0.25, 0.3) is 0 Å². The van der Waals surface area contributed by atoms with Crippen LogP contribution in [0.15, 0.2) is 48.5 Å². The number of benzene rings is 2. The zero-order chi connectivity index (χ0) is 15.9. The molecule has 2 amide bonds. The smallest absolute Gasteiger partial charge is 0.323 e. The van der Waals surface area contributed by atoms with E-state index < -0.39 is 12.0 Å². The summed E-state index contributed by atoms with van der Waals surface area (Å²) in [4.78, 5) is 22.8. The zero-order valence-electron chi connectivity index (χ0n) is 11.8.